The van der Waals surface area contributed by atoms with Crippen molar-refractivity contribution in [3.63, 3.8) is 0 Å². The van der Waals surface area contributed by atoms with E-state index in [9.17, 15) is 0 Å². The summed E-state index contributed by atoms with van der Waals surface area (Å²) in [5.74, 6) is 0.807. The molecule has 2 rings (SSSR count). The average molecular weight is 288 g/mol. The van der Waals surface area contributed by atoms with E-state index in [1.165, 1.54) is 49.0 Å². The van der Waals surface area contributed by atoms with Crippen molar-refractivity contribution in [2.24, 2.45) is 5.92 Å². The van der Waals surface area contributed by atoms with E-state index in [2.05, 4.69) is 56.1 Å². The highest BCUT2D eigenvalue weighted by atomic mass is 15.1. The molecule has 1 saturated carbocycles. The normalized spacial score (nSPS) is 14.7. The van der Waals surface area contributed by atoms with Gasteiger partial charge in [0.15, 0.2) is 0 Å². The molecule has 1 aromatic carbocycles. The van der Waals surface area contributed by atoms with Gasteiger partial charge >= 0.3 is 0 Å². The summed E-state index contributed by atoms with van der Waals surface area (Å²) in [6.45, 7) is 12.4. The Hall–Kier alpha value is -1.02. The van der Waals surface area contributed by atoms with Gasteiger partial charge in [-0.15, -0.1) is 0 Å². The Morgan fingerprint density at radius 3 is 2.43 bits per heavy atom. The molecule has 2 heteroatoms. The molecule has 21 heavy (non-hydrogen) atoms. The molecular weight excluding hydrogens is 256 g/mol. The Morgan fingerprint density at radius 2 is 1.90 bits per heavy atom. The zero-order chi connectivity index (χ0) is 15.2. The summed E-state index contributed by atoms with van der Waals surface area (Å²) >= 11 is 0. The molecule has 0 aliphatic heterocycles. The van der Waals surface area contributed by atoms with Gasteiger partial charge in [0.05, 0.1) is 0 Å². The molecule has 0 unspecified atom stereocenters. The number of rotatable bonds is 9. The first-order chi connectivity index (χ1) is 10.2. The van der Waals surface area contributed by atoms with Crippen LogP contribution in [0.15, 0.2) is 18.2 Å². The van der Waals surface area contributed by atoms with E-state index in [0.29, 0.717) is 0 Å². The van der Waals surface area contributed by atoms with Crippen LogP contribution in [0.1, 0.15) is 57.6 Å². The van der Waals surface area contributed by atoms with Crippen LogP contribution in [0.2, 0.25) is 0 Å². The second-order valence-corrected chi connectivity index (χ2v) is 6.49. The van der Waals surface area contributed by atoms with Gasteiger partial charge in [-0.05, 0) is 55.9 Å². The fraction of sp³-hybridized carbons (Fsp3) is 0.684. The lowest BCUT2D eigenvalue weighted by molar-refractivity contribution is 0.486. The first-order valence-corrected chi connectivity index (χ1v) is 8.75. The minimum absolute atomic E-state index is 0.783. The second-order valence-electron chi connectivity index (χ2n) is 6.49. The Labute approximate surface area is 130 Å². The van der Waals surface area contributed by atoms with Crippen LogP contribution in [-0.2, 0) is 6.54 Å². The summed E-state index contributed by atoms with van der Waals surface area (Å²) in [5, 5.41) is 3.61. The Bertz CT molecular complexity index is 433. The summed E-state index contributed by atoms with van der Waals surface area (Å²) in [7, 11) is 0. The van der Waals surface area contributed by atoms with E-state index in [0.717, 1.165) is 25.0 Å². The zero-order valence-corrected chi connectivity index (χ0v) is 14.3. The van der Waals surface area contributed by atoms with E-state index in [4.69, 9.17) is 0 Å². The largest absolute Gasteiger partial charge is 0.372 e. The van der Waals surface area contributed by atoms with Crippen LogP contribution < -0.4 is 10.2 Å². The van der Waals surface area contributed by atoms with Crippen LogP contribution >= 0.6 is 0 Å². The van der Waals surface area contributed by atoms with Crippen LogP contribution in [0, 0.1) is 12.8 Å². The average Bonchev–Trinajstić information content (AvgIpc) is 3.32. The molecule has 1 aliphatic rings. The van der Waals surface area contributed by atoms with Gasteiger partial charge in [0.25, 0.3) is 0 Å². The quantitative estimate of drug-likeness (QED) is 0.719. The van der Waals surface area contributed by atoms with Gasteiger partial charge in [0.1, 0.15) is 0 Å². The van der Waals surface area contributed by atoms with E-state index in [1.807, 2.05) is 0 Å². The predicted octanol–water partition coefficient (Wildman–Crippen LogP) is 4.51. The number of aryl methyl sites for hydroxylation is 1. The first-order valence-electron chi connectivity index (χ1n) is 8.75. The Morgan fingerprint density at radius 1 is 1.19 bits per heavy atom. The molecule has 1 N–H and O–H groups in total. The van der Waals surface area contributed by atoms with Crippen molar-refractivity contribution in [1.82, 2.24) is 5.32 Å². The molecule has 1 fully saturated rings. The minimum Gasteiger partial charge on any atom is -0.372 e. The predicted molar refractivity (Wildman–Crippen MR) is 93.0 cm³/mol. The molecule has 0 amide bonds. The smallest absolute Gasteiger partial charge is 0.0369 e. The van der Waals surface area contributed by atoms with E-state index in [1.54, 1.807) is 0 Å². The van der Waals surface area contributed by atoms with Crippen LogP contribution in [0.3, 0.4) is 0 Å². The molecule has 2 nitrogen and oxygen atoms in total. The minimum atomic E-state index is 0.783. The molecule has 1 aliphatic carbocycles. The number of hydrogen-bond donors (Lipinski definition) is 1. The highest BCUT2D eigenvalue weighted by Gasteiger charge is 2.20. The van der Waals surface area contributed by atoms with Crippen LogP contribution in [0.25, 0.3) is 0 Å². The monoisotopic (exact) mass is 288 g/mol. The summed E-state index contributed by atoms with van der Waals surface area (Å²) in [6, 6.07) is 7.78. The number of anilines is 1. The molecular formula is C19H32N2. The van der Waals surface area contributed by atoms with Crippen LogP contribution in [0.4, 0.5) is 5.69 Å². The molecule has 0 heterocycles. The van der Waals surface area contributed by atoms with Crippen molar-refractivity contribution in [3.05, 3.63) is 29.3 Å². The Kier molecular flexibility index (Phi) is 6.10. The third kappa shape index (κ3) is 4.74. The maximum Gasteiger partial charge on any atom is 0.0369 e. The number of hydrogen-bond acceptors (Lipinski definition) is 2. The van der Waals surface area contributed by atoms with Crippen LogP contribution in [-0.4, -0.2) is 19.1 Å². The maximum atomic E-state index is 3.61. The van der Waals surface area contributed by atoms with Gasteiger partial charge in [0, 0.05) is 31.4 Å². The van der Waals surface area contributed by atoms with Crippen molar-refractivity contribution in [2.45, 2.75) is 66.0 Å². The lowest BCUT2D eigenvalue weighted by Gasteiger charge is -2.28. The highest BCUT2D eigenvalue weighted by molar-refractivity contribution is 5.50. The number of benzene rings is 1. The highest BCUT2D eigenvalue weighted by Crippen LogP contribution is 2.23. The van der Waals surface area contributed by atoms with E-state index < -0.39 is 0 Å². The topological polar surface area (TPSA) is 15.3 Å². The first kappa shape index (κ1) is 16.4. The zero-order valence-electron chi connectivity index (χ0n) is 14.3. The lowest BCUT2D eigenvalue weighted by Crippen LogP contribution is -2.29. The van der Waals surface area contributed by atoms with Crippen molar-refractivity contribution >= 4 is 5.69 Å². The van der Waals surface area contributed by atoms with E-state index >= 15 is 0 Å². The molecule has 1 aromatic rings. The fourth-order valence-corrected chi connectivity index (χ4v) is 2.89. The fourth-order valence-electron chi connectivity index (χ4n) is 2.89. The lowest BCUT2D eigenvalue weighted by atomic mass is 10.0. The summed E-state index contributed by atoms with van der Waals surface area (Å²) in [6.07, 6.45) is 5.26. The van der Waals surface area contributed by atoms with Crippen LogP contribution in [0.5, 0.6) is 0 Å². The molecule has 0 radical (unpaired) electrons. The summed E-state index contributed by atoms with van der Waals surface area (Å²) in [4.78, 5) is 2.53. The maximum absolute atomic E-state index is 3.61. The number of nitrogens with one attached hydrogen (secondary N) is 1. The van der Waals surface area contributed by atoms with Crippen molar-refractivity contribution in [1.29, 1.82) is 0 Å². The third-order valence-corrected chi connectivity index (χ3v) is 4.86. The van der Waals surface area contributed by atoms with Gasteiger partial charge in [-0.3, -0.25) is 0 Å². The number of nitrogens with zero attached hydrogens (tertiary/aromatic N) is 1. The van der Waals surface area contributed by atoms with Gasteiger partial charge < -0.3 is 10.2 Å². The molecule has 0 atom stereocenters. The molecule has 118 valence electrons. The Balaban J connectivity index is 2.01. The van der Waals surface area contributed by atoms with Crippen molar-refractivity contribution < 1.29 is 0 Å². The molecule has 0 aromatic heterocycles. The van der Waals surface area contributed by atoms with Gasteiger partial charge in [-0.2, -0.15) is 0 Å². The van der Waals surface area contributed by atoms with E-state index in [-0.39, 0.29) is 0 Å². The molecule has 0 spiro atoms. The SMILES string of the molecule is CCC(CC)CN(CC)c1ccc(CNC2CC2)c(C)c1. The second kappa shape index (κ2) is 7.84. The van der Waals surface area contributed by atoms with Crippen molar-refractivity contribution in [2.75, 3.05) is 18.0 Å². The van der Waals surface area contributed by atoms with Gasteiger partial charge in [0.2, 0.25) is 0 Å². The molecule has 0 saturated heterocycles. The third-order valence-electron chi connectivity index (χ3n) is 4.86. The summed E-state index contributed by atoms with van der Waals surface area (Å²) in [5.41, 5.74) is 4.25. The van der Waals surface area contributed by atoms with Crippen molar-refractivity contribution in [3.8, 4) is 0 Å². The molecule has 0 bridgehead atoms. The van der Waals surface area contributed by atoms with Gasteiger partial charge in [-0.25, -0.2) is 0 Å². The van der Waals surface area contributed by atoms with Gasteiger partial charge in [-0.1, -0.05) is 32.8 Å². The summed E-state index contributed by atoms with van der Waals surface area (Å²) < 4.78 is 0. The standard InChI is InChI=1S/C19H32N2/c1-5-16(6-2)14-21(7-3)19-11-8-17(15(4)12-19)13-20-18-9-10-18/h8,11-12,16,18,20H,5-7,9-10,13-14H2,1-4H3.